The minimum absolute atomic E-state index is 0.207. The molecule has 0 aromatic carbocycles. The van der Waals surface area contributed by atoms with Crippen LogP contribution in [0.1, 0.15) is 122 Å². The van der Waals surface area contributed by atoms with Crippen LogP contribution in [0.25, 0.3) is 0 Å². The number of hydrogen-bond donors (Lipinski definition) is 0. The van der Waals surface area contributed by atoms with Crippen LogP contribution in [0.3, 0.4) is 0 Å². The molecule has 2 aliphatic rings. The molecule has 2 nitrogen and oxygen atoms in total. The van der Waals surface area contributed by atoms with Crippen LogP contribution >= 0.6 is 0 Å². The maximum atomic E-state index is 6.47. The Balaban J connectivity index is 2.22. The second-order valence-electron chi connectivity index (χ2n) is 14.9. The molecular weight excluding hydrogens is 368 g/mol. The summed E-state index contributed by atoms with van der Waals surface area (Å²) in [6, 6.07) is 0. The van der Waals surface area contributed by atoms with E-state index in [2.05, 4.69) is 83.1 Å². The Hall–Kier alpha value is -0.0800. The quantitative estimate of drug-likeness (QED) is 0.334. The van der Waals surface area contributed by atoms with E-state index in [1.165, 1.54) is 25.7 Å². The molecule has 6 atom stereocenters. The monoisotopic (exact) mass is 422 g/mol. The predicted molar refractivity (Wildman–Crippen MR) is 129 cm³/mol. The lowest BCUT2D eigenvalue weighted by Crippen LogP contribution is -2.49. The van der Waals surface area contributed by atoms with E-state index in [1.807, 2.05) is 0 Å². The summed E-state index contributed by atoms with van der Waals surface area (Å²) in [4.78, 5) is 12.9. The summed E-state index contributed by atoms with van der Waals surface area (Å²) < 4.78 is 0. The van der Waals surface area contributed by atoms with Crippen LogP contribution in [0.15, 0.2) is 0 Å². The largest absolute Gasteiger partial charge is 0.233 e. The Labute approximate surface area is 189 Å². The summed E-state index contributed by atoms with van der Waals surface area (Å²) >= 11 is 0. The Morgan fingerprint density at radius 3 is 0.967 bits per heavy atom. The van der Waals surface area contributed by atoms with Gasteiger partial charge in [0.15, 0.2) is 0 Å². The Morgan fingerprint density at radius 1 is 0.433 bits per heavy atom. The highest BCUT2D eigenvalue weighted by molar-refractivity contribution is 4.96. The van der Waals surface area contributed by atoms with Gasteiger partial charge in [0.05, 0.1) is 12.2 Å². The van der Waals surface area contributed by atoms with Gasteiger partial charge in [-0.3, -0.25) is 0 Å². The Morgan fingerprint density at radius 2 is 0.733 bits per heavy atom. The molecule has 0 amide bonds. The lowest BCUT2D eigenvalue weighted by molar-refractivity contribution is -0.389. The van der Waals surface area contributed by atoms with Crippen molar-refractivity contribution in [2.45, 2.75) is 134 Å². The van der Waals surface area contributed by atoms with Gasteiger partial charge in [-0.15, -0.1) is 0 Å². The molecule has 6 unspecified atom stereocenters. The van der Waals surface area contributed by atoms with Gasteiger partial charge in [0.2, 0.25) is 0 Å². The predicted octanol–water partition coefficient (Wildman–Crippen LogP) is 8.69. The third-order valence-electron chi connectivity index (χ3n) is 8.20. The SMILES string of the molecule is CC(C)(C)C1CCCC(OOC2CCCC(C(C)(C)C)C2C(C)(C)C)C1C(C)(C)C. The van der Waals surface area contributed by atoms with Gasteiger partial charge in [-0.05, 0) is 71.0 Å². The molecule has 0 heterocycles. The first-order valence-electron chi connectivity index (χ1n) is 12.8. The highest BCUT2D eigenvalue weighted by Crippen LogP contribution is 2.52. The number of hydrogen-bond acceptors (Lipinski definition) is 2. The molecule has 0 aromatic rings. The highest BCUT2D eigenvalue weighted by Gasteiger charge is 2.49. The van der Waals surface area contributed by atoms with Crippen LogP contribution in [-0.2, 0) is 9.78 Å². The van der Waals surface area contributed by atoms with Crippen molar-refractivity contribution in [2.24, 2.45) is 45.3 Å². The van der Waals surface area contributed by atoms with Crippen molar-refractivity contribution in [3.8, 4) is 0 Å². The third-order valence-corrected chi connectivity index (χ3v) is 8.20. The van der Waals surface area contributed by atoms with Crippen molar-refractivity contribution in [1.29, 1.82) is 0 Å². The molecule has 2 heteroatoms. The molecule has 0 aromatic heterocycles. The molecule has 30 heavy (non-hydrogen) atoms. The van der Waals surface area contributed by atoms with E-state index in [0.29, 0.717) is 34.5 Å². The minimum Gasteiger partial charge on any atom is -0.233 e. The fourth-order valence-electron chi connectivity index (χ4n) is 6.94. The molecule has 0 spiro atoms. The summed E-state index contributed by atoms with van der Waals surface area (Å²) in [5.74, 6) is 2.40. The van der Waals surface area contributed by atoms with E-state index in [-0.39, 0.29) is 23.0 Å². The average molecular weight is 423 g/mol. The zero-order valence-electron chi connectivity index (χ0n) is 22.5. The molecule has 0 bridgehead atoms. The smallest absolute Gasteiger partial charge is 0.0966 e. The normalized spacial score (nSPS) is 34.8. The van der Waals surface area contributed by atoms with Gasteiger partial charge in [0.1, 0.15) is 0 Å². The van der Waals surface area contributed by atoms with Crippen LogP contribution in [0, 0.1) is 45.3 Å². The number of rotatable bonds is 3. The summed E-state index contributed by atoms with van der Waals surface area (Å²) in [6.07, 6.45) is 7.80. The fourth-order valence-corrected chi connectivity index (χ4v) is 6.94. The van der Waals surface area contributed by atoms with Gasteiger partial charge in [-0.25, -0.2) is 9.78 Å². The van der Waals surface area contributed by atoms with E-state index in [9.17, 15) is 0 Å². The molecule has 2 rings (SSSR count). The zero-order valence-corrected chi connectivity index (χ0v) is 22.5. The topological polar surface area (TPSA) is 18.5 Å². The summed E-state index contributed by atoms with van der Waals surface area (Å²) in [5.41, 5.74) is 1.04. The van der Waals surface area contributed by atoms with E-state index in [1.54, 1.807) is 0 Å². The summed E-state index contributed by atoms with van der Waals surface area (Å²) in [7, 11) is 0. The van der Waals surface area contributed by atoms with Gasteiger partial charge >= 0.3 is 0 Å². The standard InChI is InChI=1S/C28H54O2/c1-25(2,3)19-15-13-17-21(23(19)27(7,8)9)29-30-22-18-14-16-20(26(4,5)6)24(22)28(10,11)12/h19-24H,13-18H2,1-12H3. The van der Waals surface area contributed by atoms with E-state index >= 15 is 0 Å². The highest BCUT2D eigenvalue weighted by atomic mass is 17.2. The van der Waals surface area contributed by atoms with Gasteiger partial charge < -0.3 is 0 Å². The lowest BCUT2D eigenvalue weighted by atomic mass is 9.58. The molecule has 178 valence electrons. The summed E-state index contributed by atoms with van der Waals surface area (Å²) in [6.45, 7) is 28.8. The molecule has 2 fully saturated rings. The van der Waals surface area contributed by atoms with E-state index < -0.39 is 0 Å². The molecule has 0 N–H and O–H groups in total. The van der Waals surface area contributed by atoms with E-state index in [4.69, 9.17) is 9.78 Å². The average Bonchev–Trinajstić information content (AvgIpc) is 2.56. The Kier molecular flexibility index (Phi) is 7.89. The van der Waals surface area contributed by atoms with Gasteiger partial charge in [0, 0.05) is 0 Å². The first kappa shape index (κ1) is 26.2. The third kappa shape index (κ3) is 6.25. The first-order valence-corrected chi connectivity index (χ1v) is 12.8. The molecular formula is C28H54O2. The second kappa shape index (κ2) is 9.05. The van der Waals surface area contributed by atoms with Crippen molar-refractivity contribution in [3.63, 3.8) is 0 Å². The van der Waals surface area contributed by atoms with Gasteiger partial charge in [-0.1, -0.05) is 95.9 Å². The Bertz CT molecular complexity index is 487. The maximum absolute atomic E-state index is 6.47. The van der Waals surface area contributed by atoms with E-state index in [0.717, 1.165) is 12.8 Å². The summed E-state index contributed by atoms with van der Waals surface area (Å²) in [5, 5.41) is 0. The van der Waals surface area contributed by atoms with Crippen molar-refractivity contribution in [2.75, 3.05) is 0 Å². The fraction of sp³-hybridized carbons (Fsp3) is 1.00. The van der Waals surface area contributed by atoms with Crippen molar-refractivity contribution < 1.29 is 9.78 Å². The van der Waals surface area contributed by atoms with Crippen molar-refractivity contribution in [3.05, 3.63) is 0 Å². The van der Waals surface area contributed by atoms with Crippen LogP contribution in [0.5, 0.6) is 0 Å². The van der Waals surface area contributed by atoms with Crippen LogP contribution < -0.4 is 0 Å². The van der Waals surface area contributed by atoms with Crippen molar-refractivity contribution in [1.82, 2.24) is 0 Å². The molecule has 0 saturated heterocycles. The molecule has 2 aliphatic carbocycles. The van der Waals surface area contributed by atoms with Crippen LogP contribution in [-0.4, -0.2) is 12.2 Å². The van der Waals surface area contributed by atoms with Gasteiger partial charge in [-0.2, -0.15) is 0 Å². The maximum Gasteiger partial charge on any atom is 0.0966 e. The first-order chi connectivity index (χ1) is 13.4. The van der Waals surface area contributed by atoms with Gasteiger partial charge in [0.25, 0.3) is 0 Å². The van der Waals surface area contributed by atoms with Crippen molar-refractivity contribution >= 4 is 0 Å². The van der Waals surface area contributed by atoms with Crippen LogP contribution in [0.2, 0.25) is 0 Å². The van der Waals surface area contributed by atoms with Crippen LogP contribution in [0.4, 0.5) is 0 Å². The second-order valence-corrected chi connectivity index (χ2v) is 14.9. The lowest BCUT2D eigenvalue weighted by Gasteiger charge is -2.52. The molecule has 0 radical (unpaired) electrons. The molecule has 2 saturated carbocycles. The zero-order chi connectivity index (χ0) is 23.1. The minimum atomic E-state index is 0.207. The molecule has 0 aliphatic heterocycles.